The lowest BCUT2D eigenvalue weighted by Crippen LogP contribution is -2.20. The van der Waals surface area contributed by atoms with Crippen molar-refractivity contribution in [2.75, 3.05) is 7.11 Å². The molecule has 0 aliphatic heterocycles. The van der Waals surface area contributed by atoms with Gasteiger partial charge in [0.2, 0.25) is 0 Å². The lowest BCUT2D eigenvalue weighted by Gasteiger charge is -2.16. The quantitative estimate of drug-likeness (QED) is 0.656. The molecule has 0 atom stereocenters. The number of hydrogen-bond acceptors (Lipinski definition) is 5. The van der Waals surface area contributed by atoms with Gasteiger partial charge in [0.1, 0.15) is 22.6 Å². The lowest BCUT2D eigenvalue weighted by molar-refractivity contribution is -0.142. The van der Waals surface area contributed by atoms with Gasteiger partial charge in [0.25, 0.3) is 6.43 Å². The Morgan fingerprint density at radius 3 is 2.10 bits per heavy atom. The first-order valence-corrected chi connectivity index (χ1v) is 4.96. The predicted molar refractivity (Wildman–Crippen MR) is 54.2 cm³/mol. The fraction of sp³-hybridized carbons (Fsp3) is 0.300. The molecule has 116 valence electrons. The summed E-state index contributed by atoms with van der Waals surface area (Å²) in [5.41, 5.74) is -7.21. The number of carboxylic acids is 1. The fourth-order valence-electron chi connectivity index (χ4n) is 1.46. The number of carbonyl (C=O) groups excluding carboxylic acids is 1. The topological polar surface area (TPSA) is 96.7 Å². The second-order valence-corrected chi connectivity index (χ2v) is 3.54. The normalized spacial score (nSPS) is 11.6. The van der Waals surface area contributed by atoms with Crippen molar-refractivity contribution in [3.63, 3.8) is 0 Å². The Labute approximate surface area is 112 Å². The molecule has 0 aliphatic rings. The van der Waals surface area contributed by atoms with E-state index >= 15 is 0 Å². The van der Waals surface area contributed by atoms with E-state index in [2.05, 4.69) is 9.72 Å². The number of carboxylic acid groups (broad SMARTS) is 1. The molecule has 0 aliphatic carbocycles. The first-order chi connectivity index (χ1) is 9.52. The van der Waals surface area contributed by atoms with Crippen LogP contribution in [0.1, 0.15) is 38.5 Å². The summed E-state index contributed by atoms with van der Waals surface area (Å²) in [5, 5.41) is 18.2. The standard InChI is InChI=1S/C10H6F5NO5/c1-21-9(20)2-4(7(11)12)16-6(10(13,14)15)3(5(2)17)8(18)19/h7H,1H3,(H,16,17)(H,18,19). The number of alkyl halides is 5. The highest BCUT2D eigenvalue weighted by atomic mass is 19.4. The number of aromatic hydroxyl groups is 1. The highest BCUT2D eigenvalue weighted by Crippen LogP contribution is 2.39. The zero-order chi connectivity index (χ0) is 16.5. The van der Waals surface area contributed by atoms with Gasteiger partial charge in [-0.2, -0.15) is 13.2 Å². The van der Waals surface area contributed by atoms with E-state index in [1.165, 1.54) is 0 Å². The minimum Gasteiger partial charge on any atom is -0.506 e. The molecule has 21 heavy (non-hydrogen) atoms. The molecule has 1 rings (SSSR count). The molecule has 6 nitrogen and oxygen atoms in total. The van der Waals surface area contributed by atoms with Gasteiger partial charge in [0, 0.05) is 0 Å². The second-order valence-electron chi connectivity index (χ2n) is 3.54. The van der Waals surface area contributed by atoms with E-state index < -0.39 is 52.8 Å². The van der Waals surface area contributed by atoms with Crippen molar-refractivity contribution in [2.24, 2.45) is 0 Å². The van der Waals surface area contributed by atoms with Crippen molar-refractivity contribution in [2.45, 2.75) is 12.6 Å². The van der Waals surface area contributed by atoms with Crippen LogP contribution in [0, 0.1) is 0 Å². The number of nitrogens with zero attached hydrogens (tertiary/aromatic N) is 1. The number of rotatable bonds is 3. The van der Waals surface area contributed by atoms with Crippen molar-refractivity contribution in [1.82, 2.24) is 4.98 Å². The van der Waals surface area contributed by atoms with Crippen LogP contribution in [0.5, 0.6) is 5.75 Å². The van der Waals surface area contributed by atoms with Gasteiger partial charge < -0.3 is 14.9 Å². The molecule has 0 amide bonds. The van der Waals surface area contributed by atoms with Crippen molar-refractivity contribution in [1.29, 1.82) is 0 Å². The van der Waals surface area contributed by atoms with Crippen LogP contribution in [0.3, 0.4) is 0 Å². The summed E-state index contributed by atoms with van der Waals surface area (Å²) in [5.74, 6) is -5.73. The van der Waals surface area contributed by atoms with Crippen molar-refractivity contribution in [3.8, 4) is 5.75 Å². The average molecular weight is 315 g/mol. The Morgan fingerprint density at radius 1 is 1.24 bits per heavy atom. The SMILES string of the molecule is COC(=O)c1c(C(F)F)nc(C(F)(F)F)c(C(=O)O)c1O. The molecule has 0 unspecified atom stereocenters. The van der Waals surface area contributed by atoms with Crippen molar-refractivity contribution >= 4 is 11.9 Å². The van der Waals surface area contributed by atoms with Crippen LogP contribution in [0.4, 0.5) is 22.0 Å². The Bertz CT molecular complexity index is 598. The summed E-state index contributed by atoms with van der Waals surface area (Å²) >= 11 is 0. The molecule has 11 heteroatoms. The molecular weight excluding hydrogens is 309 g/mol. The van der Waals surface area contributed by atoms with E-state index in [4.69, 9.17) is 5.11 Å². The van der Waals surface area contributed by atoms with Gasteiger partial charge >= 0.3 is 18.1 Å². The number of hydrogen-bond donors (Lipinski definition) is 2. The number of ether oxygens (including phenoxy) is 1. The van der Waals surface area contributed by atoms with E-state index in [9.17, 15) is 36.6 Å². The van der Waals surface area contributed by atoms with Crippen LogP contribution < -0.4 is 0 Å². The third-order valence-corrected chi connectivity index (χ3v) is 2.28. The Morgan fingerprint density at radius 2 is 1.76 bits per heavy atom. The molecule has 2 N–H and O–H groups in total. The maximum atomic E-state index is 12.7. The zero-order valence-corrected chi connectivity index (χ0v) is 10.0. The first kappa shape index (κ1) is 16.6. The van der Waals surface area contributed by atoms with Gasteiger partial charge in [-0.25, -0.2) is 23.4 Å². The largest absolute Gasteiger partial charge is 0.506 e. The van der Waals surface area contributed by atoms with E-state index in [0.29, 0.717) is 7.11 Å². The van der Waals surface area contributed by atoms with Gasteiger partial charge in [0.05, 0.1) is 7.11 Å². The minimum atomic E-state index is -5.43. The molecule has 0 bridgehead atoms. The lowest BCUT2D eigenvalue weighted by atomic mass is 10.0. The van der Waals surface area contributed by atoms with Gasteiger partial charge in [-0.15, -0.1) is 0 Å². The summed E-state index contributed by atoms with van der Waals surface area (Å²) in [7, 11) is 0.704. The van der Waals surface area contributed by atoms with Crippen LogP contribution in [0.15, 0.2) is 0 Å². The molecule has 0 radical (unpaired) electrons. The zero-order valence-electron chi connectivity index (χ0n) is 10.0. The average Bonchev–Trinajstić information content (AvgIpc) is 2.34. The number of pyridine rings is 1. The van der Waals surface area contributed by atoms with Gasteiger partial charge in [0.15, 0.2) is 5.69 Å². The first-order valence-electron chi connectivity index (χ1n) is 4.96. The van der Waals surface area contributed by atoms with E-state index in [1.54, 1.807) is 0 Å². The van der Waals surface area contributed by atoms with Crippen LogP contribution >= 0.6 is 0 Å². The Balaban J connectivity index is 3.89. The molecule has 0 spiro atoms. The van der Waals surface area contributed by atoms with Crippen LogP contribution in [-0.4, -0.2) is 34.2 Å². The van der Waals surface area contributed by atoms with Crippen molar-refractivity contribution < 1.29 is 46.5 Å². The number of carbonyl (C=O) groups is 2. The summed E-state index contributed by atoms with van der Waals surface area (Å²) < 4.78 is 67.4. The van der Waals surface area contributed by atoms with Gasteiger partial charge in [-0.1, -0.05) is 0 Å². The molecule has 0 fully saturated rings. The molecular formula is C10H6F5NO5. The van der Waals surface area contributed by atoms with E-state index in [1.807, 2.05) is 0 Å². The Kier molecular flexibility index (Phi) is 4.35. The molecule has 1 aromatic heterocycles. The van der Waals surface area contributed by atoms with E-state index in [-0.39, 0.29) is 0 Å². The van der Waals surface area contributed by atoms with Crippen LogP contribution in [0.25, 0.3) is 0 Å². The Hall–Kier alpha value is -2.46. The highest BCUT2D eigenvalue weighted by Gasteiger charge is 2.43. The summed E-state index contributed by atoms with van der Waals surface area (Å²) in [4.78, 5) is 24.5. The van der Waals surface area contributed by atoms with Gasteiger partial charge in [-0.05, 0) is 0 Å². The molecule has 1 heterocycles. The van der Waals surface area contributed by atoms with Gasteiger partial charge in [-0.3, -0.25) is 0 Å². The van der Waals surface area contributed by atoms with Crippen LogP contribution in [-0.2, 0) is 10.9 Å². The summed E-state index contributed by atoms with van der Waals surface area (Å²) in [6.45, 7) is 0. The smallest absolute Gasteiger partial charge is 0.434 e. The number of esters is 1. The van der Waals surface area contributed by atoms with E-state index in [0.717, 1.165) is 0 Å². The summed E-state index contributed by atoms with van der Waals surface area (Å²) in [6, 6.07) is 0. The molecule has 0 aromatic carbocycles. The molecule has 0 saturated heterocycles. The number of methoxy groups -OCH3 is 1. The molecule has 0 saturated carbocycles. The number of aromatic carboxylic acids is 1. The third kappa shape index (κ3) is 3.01. The summed E-state index contributed by atoms with van der Waals surface area (Å²) in [6.07, 6.45) is -9.10. The minimum absolute atomic E-state index is 0.704. The van der Waals surface area contributed by atoms with Crippen LogP contribution in [0.2, 0.25) is 0 Å². The predicted octanol–water partition coefficient (Wildman–Crippen LogP) is 2.23. The third-order valence-electron chi connectivity index (χ3n) is 2.28. The monoisotopic (exact) mass is 315 g/mol. The second kappa shape index (κ2) is 5.50. The maximum Gasteiger partial charge on any atom is 0.434 e. The highest BCUT2D eigenvalue weighted by molar-refractivity contribution is 6.00. The van der Waals surface area contributed by atoms with Crippen molar-refractivity contribution in [3.05, 3.63) is 22.5 Å². The maximum absolute atomic E-state index is 12.7. The molecule has 1 aromatic rings. The fourth-order valence-corrected chi connectivity index (χ4v) is 1.46. The number of halogens is 5. The number of aromatic nitrogens is 1.